The van der Waals surface area contributed by atoms with Crippen molar-refractivity contribution in [2.24, 2.45) is 5.92 Å². The first kappa shape index (κ1) is 22.4. The minimum absolute atomic E-state index is 0.334. The SMILES string of the molecule is COC(=O)[C@H]1C(=O)NC(SCc2ccc3ccccc3c2)=C(C#N)[C@@H]1c1ccc(OC)cc1. The first-order valence-corrected chi connectivity index (χ1v) is 11.3. The minimum Gasteiger partial charge on any atom is -0.497 e. The van der Waals surface area contributed by atoms with E-state index in [0.717, 1.165) is 16.3 Å². The molecule has 1 amide bonds. The van der Waals surface area contributed by atoms with E-state index in [1.807, 2.05) is 24.3 Å². The molecule has 2 atom stereocenters. The lowest BCUT2D eigenvalue weighted by Crippen LogP contribution is -2.44. The number of methoxy groups -OCH3 is 2. The van der Waals surface area contributed by atoms with E-state index in [2.05, 4.69) is 29.6 Å². The van der Waals surface area contributed by atoms with Crippen LogP contribution in [0.4, 0.5) is 0 Å². The molecular formula is C26H22N2O4S. The number of rotatable bonds is 6. The molecule has 0 saturated carbocycles. The van der Waals surface area contributed by atoms with Gasteiger partial charge in [0, 0.05) is 11.7 Å². The fourth-order valence-electron chi connectivity index (χ4n) is 3.97. The third kappa shape index (κ3) is 4.57. The zero-order valence-electron chi connectivity index (χ0n) is 18.2. The lowest BCUT2D eigenvalue weighted by molar-refractivity contribution is -0.150. The van der Waals surface area contributed by atoms with Crippen molar-refractivity contribution < 1.29 is 19.1 Å². The minimum atomic E-state index is -1.15. The Labute approximate surface area is 196 Å². The Balaban J connectivity index is 1.69. The maximum atomic E-state index is 13.0. The number of thioether (sulfide) groups is 1. The van der Waals surface area contributed by atoms with E-state index >= 15 is 0 Å². The van der Waals surface area contributed by atoms with Crippen LogP contribution in [-0.2, 0) is 20.1 Å². The van der Waals surface area contributed by atoms with E-state index in [9.17, 15) is 14.9 Å². The molecule has 6 nitrogen and oxygen atoms in total. The summed E-state index contributed by atoms with van der Waals surface area (Å²) in [4.78, 5) is 25.5. The Hall–Kier alpha value is -3.76. The number of hydrogen-bond donors (Lipinski definition) is 1. The smallest absolute Gasteiger partial charge is 0.319 e. The average molecular weight is 459 g/mol. The van der Waals surface area contributed by atoms with Gasteiger partial charge >= 0.3 is 5.97 Å². The van der Waals surface area contributed by atoms with Gasteiger partial charge in [0.2, 0.25) is 5.91 Å². The van der Waals surface area contributed by atoms with Crippen LogP contribution >= 0.6 is 11.8 Å². The lowest BCUT2D eigenvalue weighted by atomic mass is 9.78. The van der Waals surface area contributed by atoms with Crippen LogP contribution in [0, 0.1) is 17.2 Å². The molecular weight excluding hydrogens is 436 g/mol. The Bertz CT molecular complexity index is 1280. The first-order valence-electron chi connectivity index (χ1n) is 10.3. The van der Waals surface area contributed by atoms with Crippen molar-refractivity contribution in [1.82, 2.24) is 5.32 Å². The van der Waals surface area contributed by atoms with Crippen LogP contribution < -0.4 is 10.1 Å². The van der Waals surface area contributed by atoms with E-state index in [-0.39, 0.29) is 0 Å². The molecule has 0 aromatic heterocycles. The monoisotopic (exact) mass is 458 g/mol. The summed E-state index contributed by atoms with van der Waals surface area (Å²) < 4.78 is 10.1. The van der Waals surface area contributed by atoms with Gasteiger partial charge in [-0.3, -0.25) is 9.59 Å². The number of nitrogens with zero attached hydrogens (tertiary/aromatic N) is 1. The quantitative estimate of drug-likeness (QED) is 0.432. The number of hydrogen-bond acceptors (Lipinski definition) is 6. The molecule has 7 heteroatoms. The highest BCUT2D eigenvalue weighted by atomic mass is 32.2. The summed E-state index contributed by atoms with van der Waals surface area (Å²) in [5.74, 6) is -1.86. The van der Waals surface area contributed by atoms with E-state index < -0.39 is 23.7 Å². The van der Waals surface area contributed by atoms with Crippen LogP contribution in [0.25, 0.3) is 10.8 Å². The van der Waals surface area contributed by atoms with E-state index in [1.54, 1.807) is 31.4 Å². The molecule has 0 bridgehead atoms. The van der Waals surface area contributed by atoms with E-state index in [4.69, 9.17) is 9.47 Å². The van der Waals surface area contributed by atoms with Crippen molar-refractivity contribution in [2.45, 2.75) is 11.7 Å². The first-order chi connectivity index (χ1) is 16.0. The number of carbonyl (C=O) groups is 2. The Morgan fingerprint density at radius 2 is 1.79 bits per heavy atom. The third-order valence-corrected chi connectivity index (χ3v) is 6.74. The molecule has 0 unspecified atom stereocenters. The largest absolute Gasteiger partial charge is 0.497 e. The number of nitriles is 1. The summed E-state index contributed by atoms with van der Waals surface area (Å²) in [6, 6.07) is 23.5. The van der Waals surface area contributed by atoms with E-state index in [0.29, 0.717) is 27.7 Å². The molecule has 1 aliphatic heterocycles. The fourth-order valence-corrected chi connectivity index (χ4v) is 4.97. The lowest BCUT2D eigenvalue weighted by Gasteiger charge is -2.31. The van der Waals surface area contributed by atoms with Gasteiger partial charge in [-0.05, 0) is 34.0 Å². The highest BCUT2D eigenvalue weighted by Crippen LogP contribution is 2.41. The number of allylic oxidation sites excluding steroid dienone is 1. The summed E-state index contributed by atoms with van der Waals surface area (Å²) in [6.07, 6.45) is 0. The van der Waals surface area contributed by atoms with Gasteiger partial charge in [-0.15, -0.1) is 11.8 Å². The number of fused-ring (bicyclic) bond motifs is 1. The molecule has 33 heavy (non-hydrogen) atoms. The summed E-state index contributed by atoms with van der Waals surface area (Å²) in [7, 11) is 2.79. The van der Waals surface area contributed by atoms with Crippen LogP contribution in [0.15, 0.2) is 77.3 Å². The summed E-state index contributed by atoms with van der Waals surface area (Å²) in [5, 5.41) is 15.5. The second kappa shape index (κ2) is 9.80. The van der Waals surface area contributed by atoms with Gasteiger partial charge in [0.25, 0.3) is 0 Å². The van der Waals surface area contributed by atoms with Crippen LogP contribution in [0.5, 0.6) is 5.75 Å². The molecule has 4 rings (SSSR count). The van der Waals surface area contributed by atoms with E-state index in [1.165, 1.54) is 18.9 Å². The number of carbonyl (C=O) groups excluding carboxylic acids is 2. The second-order valence-corrected chi connectivity index (χ2v) is 8.55. The maximum Gasteiger partial charge on any atom is 0.319 e. The number of benzene rings is 3. The van der Waals surface area contributed by atoms with Crippen LogP contribution in [0.3, 0.4) is 0 Å². The molecule has 0 radical (unpaired) electrons. The number of amides is 1. The van der Waals surface area contributed by atoms with Crippen molar-refractivity contribution >= 4 is 34.4 Å². The van der Waals surface area contributed by atoms with Crippen molar-refractivity contribution in [3.05, 3.63) is 88.5 Å². The average Bonchev–Trinajstić information content (AvgIpc) is 2.86. The summed E-state index contributed by atoms with van der Waals surface area (Å²) in [6.45, 7) is 0. The Kier molecular flexibility index (Phi) is 6.66. The molecule has 1 heterocycles. The number of ether oxygens (including phenoxy) is 2. The zero-order chi connectivity index (χ0) is 23.4. The van der Waals surface area contributed by atoms with Gasteiger partial charge in [0.05, 0.1) is 30.9 Å². The van der Waals surface area contributed by atoms with Gasteiger partial charge in [-0.2, -0.15) is 5.26 Å². The molecule has 1 aliphatic rings. The van der Waals surface area contributed by atoms with Gasteiger partial charge in [0.15, 0.2) is 0 Å². The van der Waals surface area contributed by atoms with Crippen LogP contribution in [0.2, 0.25) is 0 Å². The van der Waals surface area contributed by atoms with Gasteiger partial charge < -0.3 is 14.8 Å². The van der Waals surface area contributed by atoms with Crippen molar-refractivity contribution in [2.75, 3.05) is 14.2 Å². The number of nitrogens with one attached hydrogen (secondary N) is 1. The van der Waals surface area contributed by atoms with Gasteiger partial charge in [-0.25, -0.2) is 0 Å². The highest BCUT2D eigenvalue weighted by molar-refractivity contribution is 8.02. The predicted octanol–water partition coefficient (Wildman–Crippen LogP) is 4.52. The summed E-state index contributed by atoms with van der Waals surface area (Å²) in [5.41, 5.74) is 2.07. The fraction of sp³-hybridized carbons (Fsp3) is 0.192. The molecule has 0 spiro atoms. The van der Waals surface area contributed by atoms with Gasteiger partial charge in [0.1, 0.15) is 11.7 Å². The molecule has 166 valence electrons. The van der Waals surface area contributed by atoms with Crippen LogP contribution in [0.1, 0.15) is 17.0 Å². The maximum absolute atomic E-state index is 13.0. The third-order valence-electron chi connectivity index (χ3n) is 5.66. The standard InChI is InChI=1S/C26H22N2O4S/c1-31-20-11-9-18(10-12-20)22-21(14-27)25(28-24(29)23(22)26(30)32-2)33-15-16-7-8-17-5-3-4-6-19(17)13-16/h3-13,22-23H,15H2,1-2H3,(H,28,29)/t22-,23+/m0/s1. The predicted molar refractivity (Wildman–Crippen MR) is 127 cm³/mol. The van der Waals surface area contributed by atoms with Crippen molar-refractivity contribution in [3.63, 3.8) is 0 Å². The Morgan fingerprint density at radius 1 is 1.06 bits per heavy atom. The molecule has 0 fully saturated rings. The molecule has 0 aliphatic carbocycles. The topological polar surface area (TPSA) is 88.4 Å². The van der Waals surface area contributed by atoms with Gasteiger partial charge in [-0.1, -0.05) is 54.6 Å². The molecule has 0 saturated heterocycles. The second-order valence-electron chi connectivity index (χ2n) is 7.57. The zero-order valence-corrected chi connectivity index (χ0v) is 19.0. The van der Waals surface area contributed by atoms with Crippen molar-refractivity contribution in [3.8, 4) is 11.8 Å². The van der Waals surface area contributed by atoms with Crippen LogP contribution in [-0.4, -0.2) is 26.1 Å². The Morgan fingerprint density at radius 3 is 2.45 bits per heavy atom. The van der Waals surface area contributed by atoms with Crippen molar-refractivity contribution in [1.29, 1.82) is 5.26 Å². The molecule has 1 N–H and O–H groups in total. The summed E-state index contributed by atoms with van der Waals surface area (Å²) >= 11 is 1.37. The molecule has 3 aromatic rings. The highest BCUT2D eigenvalue weighted by Gasteiger charge is 2.44. The normalized spacial score (nSPS) is 17.9. The molecule has 3 aromatic carbocycles. The number of esters is 1.